The summed E-state index contributed by atoms with van der Waals surface area (Å²) in [6, 6.07) is 1.43. The fraction of sp³-hybridized carbons (Fsp3) is 0.417. The SMILES string of the molecule is CNC(=O)c1cc(Cl)nc(Br)c1NC(=O)C1CCC1. The highest BCUT2D eigenvalue weighted by molar-refractivity contribution is 9.10. The van der Waals surface area contributed by atoms with Gasteiger partial charge in [0.25, 0.3) is 5.91 Å². The van der Waals surface area contributed by atoms with E-state index < -0.39 is 0 Å². The van der Waals surface area contributed by atoms with Crippen molar-refractivity contribution in [2.75, 3.05) is 12.4 Å². The smallest absolute Gasteiger partial charge is 0.253 e. The van der Waals surface area contributed by atoms with E-state index in [-0.39, 0.29) is 22.9 Å². The summed E-state index contributed by atoms with van der Waals surface area (Å²) in [5, 5.41) is 5.45. The van der Waals surface area contributed by atoms with Crippen LogP contribution in [0.3, 0.4) is 0 Å². The van der Waals surface area contributed by atoms with Gasteiger partial charge < -0.3 is 10.6 Å². The van der Waals surface area contributed by atoms with Crippen molar-refractivity contribution in [2.45, 2.75) is 19.3 Å². The molecular weight excluding hydrogens is 334 g/mol. The highest BCUT2D eigenvalue weighted by atomic mass is 79.9. The Bertz CT molecular complexity index is 532. The highest BCUT2D eigenvalue weighted by Gasteiger charge is 2.27. The van der Waals surface area contributed by atoms with E-state index >= 15 is 0 Å². The quantitative estimate of drug-likeness (QED) is 0.826. The fourth-order valence-electron chi connectivity index (χ4n) is 1.81. The lowest BCUT2D eigenvalue weighted by Crippen LogP contribution is -2.30. The molecule has 0 radical (unpaired) electrons. The molecule has 1 aromatic rings. The van der Waals surface area contributed by atoms with Crippen LogP contribution in [0.15, 0.2) is 10.7 Å². The van der Waals surface area contributed by atoms with Crippen LogP contribution in [0.5, 0.6) is 0 Å². The molecule has 5 nitrogen and oxygen atoms in total. The van der Waals surface area contributed by atoms with Gasteiger partial charge >= 0.3 is 0 Å². The number of carbonyl (C=O) groups is 2. The van der Waals surface area contributed by atoms with Crippen LogP contribution in [0.2, 0.25) is 5.15 Å². The lowest BCUT2D eigenvalue weighted by Gasteiger charge is -2.24. The molecule has 19 heavy (non-hydrogen) atoms. The minimum Gasteiger partial charge on any atom is -0.355 e. The molecule has 0 aromatic carbocycles. The molecule has 1 aromatic heterocycles. The molecule has 0 aliphatic heterocycles. The number of hydrogen-bond donors (Lipinski definition) is 2. The van der Waals surface area contributed by atoms with E-state index in [2.05, 4.69) is 31.5 Å². The standard InChI is InChI=1S/C12H13BrClN3O2/c1-15-12(19)7-5-8(14)16-10(13)9(7)17-11(18)6-3-2-4-6/h5-6H,2-4H2,1H3,(H,15,19)(H,17,18). The molecule has 0 bridgehead atoms. The van der Waals surface area contributed by atoms with Crippen LogP contribution in [0, 0.1) is 5.92 Å². The summed E-state index contributed by atoms with van der Waals surface area (Å²) in [6.45, 7) is 0. The third-order valence-electron chi connectivity index (χ3n) is 3.14. The van der Waals surface area contributed by atoms with E-state index in [1.165, 1.54) is 13.1 Å². The van der Waals surface area contributed by atoms with Gasteiger partial charge in [0.05, 0.1) is 11.3 Å². The van der Waals surface area contributed by atoms with Gasteiger partial charge in [-0.2, -0.15) is 0 Å². The predicted molar refractivity (Wildman–Crippen MR) is 76.3 cm³/mol. The van der Waals surface area contributed by atoms with E-state index in [1.807, 2.05) is 0 Å². The number of rotatable bonds is 3. The highest BCUT2D eigenvalue weighted by Crippen LogP contribution is 2.31. The number of hydrogen-bond acceptors (Lipinski definition) is 3. The van der Waals surface area contributed by atoms with Gasteiger partial charge in [-0.05, 0) is 34.8 Å². The number of nitrogens with one attached hydrogen (secondary N) is 2. The largest absolute Gasteiger partial charge is 0.355 e. The van der Waals surface area contributed by atoms with Gasteiger partial charge in [-0.3, -0.25) is 9.59 Å². The molecule has 1 aliphatic carbocycles. The maximum Gasteiger partial charge on any atom is 0.253 e. The van der Waals surface area contributed by atoms with Crippen molar-refractivity contribution in [1.29, 1.82) is 0 Å². The molecule has 2 amide bonds. The van der Waals surface area contributed by atoms with Crippen LogP contribution < -0.4 is 10.6 Å². The average Bonchev–Trinajstić information content (AvgIpc) is 2.29. The van der Waals surface area contributed by atoms with Gasteiger partial charge in [0.15, 0.2) is 0 Å². The van der Waals surface area contributed by atoms with Gasteiger partial charge in [0, 0.05) is 13.0 Å². The summed E-state index contributed by atoms with van der Waals surface area (Å²) in [5.74, 6) is -0.379. The first-order valence-corrected chi connectivity index (χ1v) is 7.09. The van der Waals surface area contributed by atoms with Crippen molar-refractivity contribution in [1.82, 2.24) is 10.3 Å². The Morgan fingerprint density at radius 3 is 2.68 bits per heavy atom. The van der Waals surface area contributed by atoms with Crippen LogP contribution in [0.25, 0.3) is 0 Å². The second-order valence-electron chi connectivity index (χ2n) is 4.35. The number of nitrogens with zero attached hydrogens (tertiary/aromatic N) is 1. The molecule has 0 saturated heterocycles. The van der Waals surface area contributed by atoms with Crippen LogP contribution in [0.4, 0.5) is 5.69 Å². The zero-order chi connectivity index (χ0) is 14.0. The van der Waals surface area contributed by atoms with Crippen molar-refractivity contribution in [2.24, 2.45) is 5.92 Å². The molecule has 2 rings (SSSR count). The van der Waals surface area contributed by atoms with Crippen LogP contribution in [-0.4, -0.2) is 23.8 Å². The van der Waals surface area contributed by atoms with E-state index in [0.29, 0.717) is 15.9 Å². The maximum absolute atomic E-state index is 12.0. The zero-order valence-corrected chi connectivity index (χ0v) is 12.6. The summed E-state index contributed by atoms with van der Waals surface area (Å²) in [7, 11) is 1.52. The molecule has 1 aliphatic rings. The Morgan fingerprint density at radius 1 is 1.47 bits per heavy atom. The predicted octanol–water partition coefficient (Wildman–Crippen LogP) is 2.60. The van der Waals surface area contributed by atoms with E-state index in [1.54, 1.807) is 0 Å². The minimum atomic E-state index is -0.325. The van der Waals surface area contributed by atoms with Gasteiger partial charge in [0.1, 0.15) is 9.76 Å². The van der Waals surface area contributed by atoms with E-state index in [9.17, 15) is 9.59 Å². The van der Waals surface area contributed by atoms with Gasteiger partial charge in [-0.1, -0.05) is 18.0 Å². The lowest BCUT2D eigenvalue weighted by molar-refractivity contribution is -0.122. The van der Waals surface area contributed by atoms with E-state index in [4.69, 9.17) is 11.6 Å². The van der Waals surface area contributed by atoms with Crippen molar-refractivity contribution >= 4 is 45.0 Å². The molecule has 102 valence electrons. The number of pyridine rings is 1. The first-order chi connectivity index (χ1) is 9.02. The first-order valence-electron chi connectivity index (χ1n) is 5.92. The summed E-state index contributed by atoms with van der Waals surface area (Å²) < 4.78 is 0.353. The Kier molecular flexibility index (Phi) is 4.42. The number of halogens is 2. The number of anilines is 1. The normalized spacial score (nSPS) is 14.7. The third-order valence-corrected chi connectivity index (χ3v) is 3.91. The summed E-state index contributed by atoms with van der Waals surface area (Å²) in [5.41, 5.74) is 0.655. The fourth-order valence-corrected chi connectivity index (χ4v) is 2.61. The lowest BCUT2D eigenvalue weighted by atomic mass is 9.85. The summed E-state index contributed by atoms with van der Waals surface area (Å²) >= 11 is 9.05. The van der Waals surface area contributed by atoms with Crippen LogP contribution in [-0.2, 0) is 4.79 Å². The molecule has 0 unspecified atom stereocenters. The molecule has 0 spiro atoms. The molecule has 7 heteroatoms. The molecule has 1 heterocycles. The third kappa shape index (κ3) is 3.06. The van der Waals surface area contributed by atoms with Crippen molar-refractivity contribution in [3.63, 3.8) is 0 Å². The molecule has 2 N–H and O–H groups in total. The second-order valence-corrected chi connectivity index (χ2v) is 5.49. The number of amides is 2. The Hall–Kier alpha value is -1.14. The van der Waals surface area contributed by atoms with Gasteiger partial charge in [-0.25, -0.2) is 4.98 Å². The van der Waals surface area contributed by atoms with Gasteiger partial charge in [-0.15, -0.1) is 0 Å². The average molecular weight is 347 g/mol. The topological polar surface area (TPSA) is 71.1 Å². The summed E-state index contributed by atoms with van der Waals surface area (Å²) in [4.78, 5) is 27.8. The summed E-state index contributed by atoms with van der Waals surface area (Å²) in [6.07, 6.45) is 2.85. The Balaban J connectivity index is 2.31. The first kappa shape index (κ1) is 14.3. The second kappa shape index (κ2) is 5.88. The van der Waals surface area contributed by atoms with Crippen LogP contribution in [0.1, 0.15) is 29.6 Å². The molecule has 1 saturated carbocycles. The monoisotopic (exact) mass is 345 g/mol. The number of aromatic nitrogens is 1. The molecule has 1 fully saturated rings. The molecular formula is C12H13BrClN3O2. The van der Waals surface area contributed by atoms with Crippen molar-refractivity contribution < 1.29 is 9.59 Å². The Morgan fingerprint density at radius 2 is 2.16 bits per heavy atom. The molecule has 0 atom stereocenters. The van der Waals surface area contributed by atoms with Crippen LogP contribution >= 0.6 is 27.5 Å². The maximum atomic E-state index is 12.0. The van der Waals surface area contributed by atoms with Crippen molar-refractivity contribution in [3.05, 3.63) is 21.4 Å². The minimum absolute atomic E-state index is 0.0279. The Labute approximate surface area is 124 Å². The number of carbonyl (C=O) groups excluding carboxylic acids is 2. The van der Waals surface area contributed by atoms with E-state index in [0.717, 1.165) is 19.3 Å². The zero-order valence-electron chi connectivity index (χ0n) is 10.3. The van der Waals surface area contributed by atoms with Crippen molar-refractivity contribution in [3.8, 4) is 0 Å². The van der Waals surface area contributed by atoms with Gasteiger partial charge in [0.2, 0.25) is 5.91 Å².